The molecule has 0 bridgehead atoms. The smallest absolute Gasteiger partial charge is 0.273 e. The Morgan fingerprint density at radius 2 is 2.10 bits per heavy atom. The molecule has 156 valence electrons. The van der Waals surface area contributed by atoms with E-state index >= 15 is 0 Å². The first kappa shape index (κ1) is 19.2. The molecule has 0 spiro atoms. The van der Waals surface area contributed by atoms with Gasteiger partial charge in [-0.15, -0.1) is 0 Å². The molecule has 1 fully saturated rings. The summed E-state index contributed by atoms with van der Waals surface area (Å²) in [5.41, 5.74) is 2.42. The summed E-state index contributed by atoms with van der Waals surface area (Å²) in [5, 5.41) is 0.857. The van der Waals surface area contributed by atoms with Crippen LogP contribution in [0.2, 0.25) is 0 Å². The van der Waals surface area contributed by atoms with Crippen molar-refractivity contribution in [2.75, 3.05) is 29.4 Å². The van der Waals surface area contributed by atoms with Crippen molar-refractivity contribution in [1.82, 2.24) is 14.5 Å². The number of carbonyl (C=O) groups excluding carboxylic acids is 1. The summed E-state index contributed by atoms with van der Waals surface area (Å²) in [6.07, 6.45) is 5.74. The van der Waals surface area contributed by atoms with Crippen molar-refractivity contribution >= 4 is 38.4 Å². The van der Waals surface area contributed by atoms with E-state index in [1.54, 1.807) is 4.90 Å². The maximum absolute atomic E-state index is 13.1. The average Bonchev–Trinajstić information content (AvgIpc) is 3.20. The fourth-order valence-electron chi connectivity index (χ4n) is 4.47. The molecule has 0 radical (unpaired) electrons. The van der Waals surface area contributed by atoms with Gasteiger partial charge in [-0.2, -0.15) is 4.98 Å². The Kier molecular flexibility index (Phi) is 5.02. The van der Waals surface area contributed by atoms with Gasteiger partial charge in [0, 0.05) is 25.3 Å². The highest BCUT2D eigenvalue weighted by Crippen LogP contribution is 2.29. The maximum atomic E-state index is 13.1. The van der Waals surface area contributed by atoms with Crippen LogP contribution >= 0.6 is 11.3 Å². The number of para-hydroxylation sites is 1. The molecule has 1 aromatic carbocycles. The van der Waals surface area contributed by atoms with Crippen molar-refractivity contribution in [2.45, 2.75) is 39.2 Å². The largest absolute Gasteiger partial charge is 0.348 e. The Morgan fingerprint density at radius 1 is 1.23 bits per heavy atom. The lowest BCUT2D eigenvalue weighted by Gasteiger charge is -2.30. The first-order valence-corrected chi connectivity index (χ1v) is 11.4. The van der Waals surface area contributed by atoms with E-state index in [4.69, 9.17) is 0 Å². The molecular weight excluding hydrogens is 398 g/mol. The molecular formula is C22H25N5O2S. The van der Waals surface area contributed by atoms with E-state index < -0.39 is 0 Å². The summed E-state index contributed by atoms with van der Waals surface area (Å²) in [7, 11) is 0. The van der Waals surface area contributed by atoms with Crippen LogP contribution in [0.15, 0.2) is 35.4 Å². The van der Waals surface area contributed by atoms with Crippen LogP contribution in [0.1, 0.15) is 31.7 Å². The number of nitrogens with zero attached hydrogens (tertiary/aromatic N) is 5. The van der Waals surface area contributed by atoms with Crippen LogP contribution in [0.4, 0.5) is 10.8 Å². The fourth-order valence-corrected chi connectivity index (χ4v) is 5.47. The predicted molar refractivity (Wildman–Crippen MR) is 119 cm³/mol. The Hall–Kier alpha value is -2.74. The number of fused-ring (bicyclic) bond motifs is 2. The molecule has 3 aromatic rings. The molecule has 2 aromatic heterocycles. The summed E-state index contributed by atoms with van der Waals surface area (Å²) in [6, 6.07) is 7.99. The average molecular weight is 424 g/mol. The molecule has 1 saturated heterocycles. The van der Waals surface area contributed by atoms with E-state index in [0.717, 1.165) is 43.2 Å². The third-order valence-electron chi connectivity index (χ3n) is 6.02. The topological polar surface area (TPSA) is 71.3 Å². The molecule has 8 heteroatoms. The molecule has 7 nitrogen and oxygen atoms in total. The molecule has 0 aliphatic carbocycles. The van der Waals surface area contributed by atoms with Crippen molar-refractivity contribution in [3.05, 3.63) is 46.5 Å². The number of hydrogen-bond acceptors (Lipinski definition) is 6. The highest BCUT2D eigenvalue weighted by molar-refractivity contribution is 7.22. The zero-order valence-corrected chi connectivity index (χ0v) is 17.9. The van der Waals surface area contributed by atoms with Crippen LogP contribution in [0.3, 0.4) is 0 Å². The van der Waals surface area contributed by atoms with Crippen LogP contribution in [0.25, 0.3) is 10.3 Å². The van der Waals surface area contributed by atoms with E-state index in [1.165, 1.54) is 34.2 Å². The van der Waals surface area contributed by atoms with E-state index in [-0.39, 0.29) is 18.0 Å². The number of rotatable bonds is 3. The summed E-state index contributed by atoms with van der Waals surface area (Å²) < 4.78 is 1.94. The predicted octanol–water partition coefficient (Wildman–Crippen LogP) is 3.07. The number of aromatic nitrogens is 3. The first-order chi connectivity index (χ1) is 14.6. The molecule has 4 heterocycles. The second-order valence-electron chi connectivity index (χ2n) is 8.30. The minimum Gasteiger partial charge on any atom is -0.348 e. The fraction of sp³-hybridized carbons (Fsp3) is 0.455. The van der Waals surface area contributed by atoms with Gasteiger partial charge in [-0.05, 0) is 43.2 Å². The zero-order valence-electron chi connectivity index (χ0n) is 17.1. The van der Waals surface area contributed by atoms with Gasteiger partial charge in [-0.1, -0.05) is 36.5 Å². The van der Waals surface area contributed by atoms with Gasteiger partial charge in [0.05, 0.1) is 0 Å². The number of amides is 1. The molecule has 1 atom stereocenters. The van der Waals surface area contributed by atoms with E-state index in [1.807, 2.05) is 18.2 Å². The highest BCUT2D eigenvalue weighted by atomic mass is 32.1. The minimum atomic E-state index is -0.188. The molecule has 5 rings (SSSR count). The van der Waals surface area contributed by atoms with Crippen LogP contribution in [0, 0.1) is 5.92 Å². The molecule has 0 saturated carbocycles. The minimum absolute atomic E-state index is 0.00983. The lowest BCUT2D eigenvalue weighted by molar-refractivity contribution is -0.119. The molecule has 1 unspecified atom stereocenters. The van der Waals surface area contributed by atoms with Crippen LogP contribution in [-0.2, 0) is 17.8 Å². The second kappa shape index (κ2) is 7.83. The highest BCUT2D eigenvalue weighted by Gasteiger charge is 2.24. The van der Waals surface area contributed by atoms with Gasteiger partial charge in [0.1, 0.15) is 17.6 Å². The maximum Gasteiger partial charge on any atom is 0.273 e. The number of anilines is 2. The number of carbonyl (C=O) groups is 1. The van der Waals surface area contributed by atoms with Crippen molar-refractivity contribution in [2.24, 2.45) is 5.92 Å². The SMILES string of the molecule is CC1CCCN(c2nc3ncn(CC(=O)N4CCCc5ccccc54)c(=O)c3s2)C1. The normalized spacial score (nSPS) is 19.2. The lowest BCUT2D eigenvalue weighted by Crippen LogP contribution is -2.39. The number of benzene rings is 1. The molecule has 0 N–H and O–H groups in total. The van der Waals surface area contributed by atoms with Crippen LogP contribution < -0.4 is 15.4 Å². The van der Waals surface area contributed by atoms with Crippen LogP contribution in [0.5, 0.6) is 0 Å². The van der Waals surface area contributed by atoms with Gasteiger partial charge >= 0.3 is 0 Å². The number of thiazole rings is 1. The second-order valence-corrected chi connectivity index (χ2v) is 9.28. The molecule has 2 aliphatic heterocycles. The van der Waals surface area contributed by atoms with E-state index in [9.17, 15) is 9.59 Å². The summed E-state index contributed by atoms with van der Waals surface area (Å²) in [4.78, 5) is 39.1. The summed E-state index contributed by atoms with van der Waals surface area (Å²) >= 11 is 1.39. The van der Waals surface area contributed by atoms with E-state index in [0.29, 0.717) is 22.8 Å². The van der Waals surface area contributed by atoms with Gasteiger partial charge in [0.2, 0.25) is 5.91 Å². The van der Waals surface area contributed by atoms with Crippen LogP contribution in [-0.4, -0.2) is 40.1 Å². The van der Waals surface area contributed by atoms with Crippen molar-refractivity contribution in [1.29, 1.82) is 0 Å². The van der Waals surface area contributed by atoms with Crippen molar-refractivity contribution in [3.8, 4) is 0 Å². The van der Waals surface area contributed by atoms with Gasteiger partial charge in [0.25, 0.3) is 5.56 Å². The molecule has 2 aliphatic rings. The third-order valence-corrected chi connectivity index (χ3v) is 7.11. The standard InChI is InChI=1S/C22H25N5O2S/c1-15-6-4-10-25(12-15)22-24-20-19(30-22)21(29)26(14-23-20)13-18(28)27-11-5-8-16-7-2-3-9-17(16)27/h2-3,7,9,14-15H,4-6,8,10-13H2,1H3. The summed E-state index contributed by atoms with van der Waals surface area (Å²) in [5.74, 6) is 0.542. The number of piperidine rings is 1. The molecule has 1 amide bonds. The monoisotopic (exact) mass is 423 g/mol. The number of aryl methyl sites for hydroxylation is 1. The number of hydrogen-bond donors (Lipinski definition) is 0. The van der Waals surface area contributed by atoms with Gasteiger partial charge in [0.15, 0.2) is 10.8 Å². The van der Waals surface area contributed by atoms with Gasteiger partial charge < -0.3 is 9.80 Å². The Balaban J connectivity index is 1.41. The Bertz CT molecular complexity index is 1150. The van der Waals surface area contributed by atoms with Gasteiger partial charge in [-0.3, -0.25) is 14.2 Å². The van der Waals surface area contributed by atoms with E-state index in [2.05, 4.69) is 27.9 Å². The first-order valence-electron chi connectivity index (χ1n) is 10.6. The summed E-state index contributed by atoms with van der Waals surface area (Å²) in [6.45, 7) is 4.84. The van der Waals surface area contributed by atoms with Crippen molar-refractivity contribution in [3.63, 3.8) is 0 Å². The Morgan fingerprint density at radius 3 is 2.97 bits per heavy atom. The van der Waals surface area contributed by atoms with Crippen molar-refractivity contribution < 1.29 is 4.79 Å². The van der Waals surface area contributed by atoms with Gasteiger partial charge in [-0.25, -0.2) is 4.98 Å². The quantitative estimate of drug-likeness (QED) is 0.647. The molecule has 30 heavy (non-hydrogen) atoms. The Labute approximate surface area is 179 Å². The zero-order chi connectivity index (χ0) is 20.7. The lowest BCUT2D eigenvalue weighted by atomic mass is 10.0. The third kappa shape index (κ3) is 3.49.